The van der Waals surface area contributed by atoms with Crippen LogP contribution in [0.15, 0.2) is 120 Å². The van der Waals surface area contributed by atoms with E-state index < -0.39 is 16.7 Å². The summed E-state index contributed by atoms with van der Waals surface area (Å²) in [6.07, 6.45) is 17.1. The van der Waals surface area contributed by atoms with Gasteiger partial charge in [-0.05, 0) is 0 Å². The van der Waals surface area contributed by atoms with E-state index in [9.17, 15) is 0 Å². The van der Waals surface area contributed by atoms with Gasteiger partial charge in [0.25, 0.3) is 0 Å². The molecule has 6 aliphatic rings. The number of benzene rings is 2. The number of fused-ring (bicyclic) bond motifs is 14. The summed E-state index contributed by atoms with van der Waals surface area (Å²) in [5.41, 5.74) is 2.38. The molecule has 0 saturated carbocycles. The van der Waals surface area contributed by atoms with Gasteiger partial charge in [0, 0.05) is 0 Å². The molecule has 6 heterocycles. The Labute approximate surface area is 259 Å². The van der Waals surface area contributed by atoms with Crippen LogP contribution in [0.4, 0.5) is 23.3 Å². The van der Waals surface area contributed by atoms with E-state index in [0.717, 1.165) is 56.5 Å². The van der Waals surface area contributed by atoms with Gasteiger partial charge in [-0.15, -0.1) is 0 Å². The van der Waals surface area contributed by atoms with Crippen molar-refractivity contribution in [1.29, 1.82) is 0 Å². The van der Waals surface area contributed by atoms with Crippen LogP contribution in [0.5, 0.6) is 0 Å². The second-order valence-electron chi connectivity index (χ2n) is 11.6. The molecule has 2 aromatic heterocycles. The van der Waals surface area contributed by atoms with Gasteiger partial charge in [0.05, 0.1) is 0 Å². The summed E-state index contributed by atoms with van der Waals surface area (Å²) in [7, 11) is 16.0. The molecule has 2 aromatic carbocycles. The fraction of sp³-hybridized carbons (Fsp3) is 0.125. The maximum atomic E-state index is 7.98. The molecule has 4 atom stereocenters. The molecule has 10 rings (SSSR count). The van der Waals surface area contributed by atoms with Crippen molar-refractivity contribution < 1.29 is 0 Å². The monoisotopic (exact) mass is 712 g/mol. The number of anilines is 4. The number of aromatic nitrogens is 2. The van der Waals surface area contributed by atoms with E-state index in [0.29, 0.717) is 0 Å². The molecule has 11 heteroatoms. The molecule has 0 spiro atoms. The number of rotatable bonds is 0. The van der Waals surface area contributed by atoms with Crippen molar-refractivity contribution in [2.24, 2.45) is 11.8 Å². The zero-order chi connectivity index (χ0) is 28.4. The van der Waals surface area contributed by atoms with Crippen molar-refractivity contribution in [3.05, 3.63) is 120 Å². The van der Waals surface area contributed by atoms with Crippen LogP contribution in [0.25, 0.3) is 21.5 Å². The Morgan fingerprint density at radius 3 is 1.42 bits per heavy atom. The third kappa shape index (κ3) is 3.23. The summed E-state index contributed by atoms with van der Waals surface area (Å²) in [5.74, 6) is 5.73. The van der Waals surface area contributed by atoms with Crippen LogP contribution in [0.1, 0.15) is 0 Å². The molecule has 6 N–H and O–H groups in total. The molecule has 4 unspecified atom stereocenters. The Kier molecular flexibility index (Phi) is 4.92. The molecular weight excluding hydrogens is 686 g/mol. The molecule has 0 amide bonds. The van der Waals surface area contributed by atoms with Gasteiger partial charge in [-0.1, -0.05) is 0 Å². The van der Waals surface area contributed by atoms with Crippen molar-refractivity contribution >= 4 is 79.3 Å². The number of hydrogen-bond acceptors (Lipinski definition) is 6. The Balaban J connectivity index is 1.37. The quantitative estimate of drug-likeness (QED) is 0.120. The van der Waals surface area contributed by atoms with Gasteiger partial charge in [0.15, 0.2) is 0 Å². The van der Waals surface area contributed by atoms with E-state index in [4.69, 9.17) is 17.8 Å². The third-order valence-electron chi connectivity index (χ3n) is 9.40. The van der Waals surface area contributed by atoms with Gasteiger partial charge >= 0.3 is 261 Å². The average Bonchev–Trinajstić information content (AvgIpc) is 3.74. The first-order valence-electron chi connectivity index (χ1n) is 14.5. The normalized spacial score (nSPS) is 26.7. The average molecular weight is 712 g/mol. The van der Waals surface area contributed by atoms with E-state index in [1.807, 2.05) is 0 Å². The number of nitrogens with one attached hydrogen (secondary N) is 6. The number of hydrogen-bond donors (Lipinski definition) is 6. The van der Waals surface area contributed by atoms with Gasteiger partial charge in [-0.3, -0.25) is 0 Å². The first-order chi connectivity index (χ1) is 21.1. The van der Waals surface area contributed by atoms with Crippen LogP contribution >= 0.6 is 17.8 Å². The van der Waals surface area contributed by atoms with Gasteiger partial charge in [-0.2, -0.15) is 0 Å². The van der Waals surface area contributed by atoms with Crippen LogP contribution in [0, 0.1) is 11.8 Å². The van der Waals surface area contributed by atoms with E-state index in [1.165, 1.54) is 11.1 Å². The molecular formula is C32H26Cl2N8Sn. The Morgan fingerprint density at radius 2 is 0.953 bits per heavy atom. The van der Waals surface area contributed by atoms with Gasteiger partial charge in [0.1, 0.15) is 0 Å². The van der Waals surface area contributed by atoms with Crippen molar-refractivity contribution in [3.63, 3.8) is 0 Å². The standard InChI is InChI=1S/C32H26N8.2ClH.Sn/c1-2-10-18-17(9-1)25-33-26(18)38-28-21-13-5-6-14-22(21)30(35-28)40-32-24-16-8-7-15-23(24)31(36-32)39-29-20-12-4-3-11-19(20)27(34-29)37-25;;;/h1-17,23,25,31,33,36-40H;2*1H;/q-2;;;+4/p-2. The zero-order valence-electron chi connectivity index (χ0n) is 22.7. The second-order valence-corrected chi connectivity index (χ2v) is 25.5. The van der Waals surface area contributed by atoms with Crippen molar-refractivity contribution in [3.8, 4) is 0 Å². The summed E-state index contributed by atoms with van der Waals surface area (Å²) in [6, 6.07) is 16.9. The molecule has 4 aromatic rings. The minimum absolute atomic E-state index is 0.104. The van der Waals surface area contributed by atoms with Crippen LogP contribution in [0.2, 0.25) is 0 Å². The third-order valence-corrected chi connectivity index (χ3v) is 19.6. The van der Waals surface area contributed by atoms with E-state index in [2.05, 4.69) is 135 Å². The topological polar surface area (TPSA) is 82.0 Å². The van der Waals surface area contributed by atoms with Crippen LogP contribution in [-0.4, -0.2) is 34.6 Å². The number of nitrogens with zero attached hydrogens (tertiary/aromatic N) is 2. The Morgan fingerprint density at radius 1 is 0.535 bits per heavy atom. The molecule has 43 heavy (non-hydrogen) atoms. The number of halogens is 2. The summed E-state index contributed by atoms with van der Waals surface area (Å²) < 4.78 is 4.41. The minimum atomic E-state index is -4.70. The van der Waals surface area contributed by atoms with Gasteiger partial charge < -0.3 is 0 Å². The molecule has 4 aliphatic heterocycles. The molecule has 6 bridgehead atoms. The molecule has 2 aliphatic carbocycles. The van der Waals surface area contributed by atoms with E-state index in [1.54, 1.807) is 0 Å². The Hall–Kier alpha value is -3.86. The second kappa shape index (κ2) is 8.62. The maximum absolute atomic E-state index is 7.98. The van der Waals surface area contributed by atoms with Crippen LogP contribution < -0.4 is 31.9 Å². The molecule has 0 radical (unpaired) electrons. The first kappa shape index (κ1) is 24.6. The predicted octanol–water partition coefficient (Wildman–Crippen LogP) is 6.35. The van der Waals surface area contributed by atoms with Crippen molar-refractivity contribution in [2.45, 2.75) is 12.3 Å². The SMILES string of the molecule is [Cl][Sn]1([Cl])[n]2c3c4ccccc4c2NC2=C4C=CC=CC4C(N2)Nc2c4ccccc4c([n]21)NC1NC(=C2C=CC=CC21)N3. The van der Waals surface area contributed by atoms with Gasteiger partial charge in [0.2, 0.25) is 0 Å². The fourth-order valence-corrected chi connectivity index (χ4v) is 17.8. The molecule has 0 saturated heterocycles. The summed E-state index contributed by atoms with van der Waals surface area (Å²) in [5, 5.41) is 27.2. The molecule has 212 valence electrons. The summed E-state index contributed by atoms with van der Waals surface area (Å²) in [4.78, 5) is 0. The van der Waals surface area contributed by atoms with Crippen LogP contribution in [0.3, 0.4) is 0 Å². The van der Waals surface area contributed by atoms with E-state index in [-0.39, 0.29) is 24.2 Å². The first-order valence-corrected chi connectivity index (χ1v) is 24.3. The molecule has 0 fully saturated rings. The summed E-state index contributed by atoms with van der Waals surface area (Å²) in [6.45, 7) is 0. The van der Waals surface area contributed by atoms with E-state index >= 15 is 0 Å². The van der Waals surface area contributed by atoms with Gasteiger partial charge in [-0.25, -0.2) is 0 Å². The van der Waals surface area contributed by atoms with Crippen molar-refractivity contribution in [2.75, 3.05) is 21.3 Å². The predicted molar refractivity (Wildman–Crippen MR) is 178 cm³/mol. The number of allylic oxidation sites excluding steroid dienone is 6. The Bertz CT molecular complexity index is 1970. The zero-order valence-corrected chi connectivity index (χ0v) is 27.1. The fourth-order valence-electron chi connectivity index (χ4n) is 7.52. The van der Waals surface area contributed by atoms with Crippen LogP contribution in [-0.2, 0) is 0 Å². The molecule has 8 nitrogen and oxygen atoms in total. The van der Waals surface area contributed by atoms with Crippen molar-refractivity contribution in [1.82, 2.24) is 16.2 Å². The summed E-state index contributed by atoms with van der Waals surface area (Å²) >= 11 is -4.70.